The van der Waals surface area contributed by atoms with Gasteiger partial charge in [0.05, 0.1) is 19.9 Å². The predicted octanol–water partition coefficient (Wildman–Crippen LogP) is 2.95. The van der Waals surface area contributed by atoms with Crippen LogP contribution in [0.1, 0.15) is 26.7 Å². The summed E-state index contributed by atoms with van der Waals surface area (Å²) in [7, 11) is 3.17. The number of ether oxygens (including phenoxy) is 2. The number of nitrogens with one attached hydrogen (secondary N) is 2. The maximum Gasteiger partial charge on any atom is 0.319 e. The third-order valence-corrected chi connectivity index (χ3v) is 4.49. The molecule has 1 aromatic rings. The largest absolute Gasteiger partial charge is 0.497 e. The molecular weight excluding hydrogens is 306 g/mol. The SMILES string of the molecule is COc1ccc(NC(=O)NCC2CCCN(C(C)C)C2)c(OC)c1. The van der Waals surface area contributed by atoms with Gasteiger partial charge in [-0.3, -0.25) is 0 Å². The number of benzene rings is 1. The van der Waals surface area contributed by atoms with Crippen LogP contribution in [0.15, 0.2) is 18.2 Å². The molecule has 134 valence electrons. The molecular formula is C18H29N3O3. The van der Waals surface area contributed by atoms with Crippen LogP contribution in [-0.4, -0.2) is 50.8 Å². The van der Waals surface area contributed by atoms with Crippen LogP contribution in [0.4, 0.5) is 10.5 Å². The Morgan fingerprint density at radius 3 is 2.79 bits per heavy atom. The van der Waals surface area contributed by atoms with Crippen molar-refractivity contribution in [2.75, 3.05) is 39.2 Å². The number of hydrogen-bond donors (Lipinski definition) is 2. The van der Waals surface area contributed by atoms with Crippen LogP contribution in [0.25, 0.3) is 0 Å². The van der Waals surface area contributed by atoms with E-state index in [1.165, 1.54) is 6.42 Å². The Hall–Kier alpha value is -1.95. The Kier molecular flexibility index (Phi) is 6.73. The number of piperidine rings is 1. The summed E-state index contributed by atoms with van der Waals surface area (Å²) >= 11 is 0. The van der Waals surface area contributed by atoms with Gasteiger partial charge in [-0.05, 0) is 51.3 Å². The third kappa shape index (κ3) is 5.03. The molecule has 0 aromatic heterocycles. The van der Waals surface area contributed by atoms with Crippen molar-refractivity contribution in [2.45, 2.75) is 32.7 Å². The average Bonchev–Trinajstić information content (AvgIpc) is 2.60. The second kappa shape index (κ2) is 8.78. The van der Waals surface area contributed by atoms with E-state index in [0.717, 1.165) is 19.5 Å². The minimum Gasteiger partial charge on any atom is -0.497 e. The number of hydrogen-bond acceptors (Lipinski definition) is 4. The van der Waals surface area contributed by atoms with Crippen molar-refractivity contribution in [3.63, 3.8) is 0 Å². The molecule has 1 aromatic carbocycles. The molecule has 24 heavy (non-hydrogen) atoms. The van der Waals surface area contributed by atoms with Crippen LogP contribution in [0.3, 0.4) is 0 Å². The monoisotopic (exact) mass is 335 g/mol. The van der Waals surface area contributed by atoms with Crippen molar-refractivity contribution in [3.8, 4) is 11.5 Å². The lowest BCUT2D eigenvalue weighted by atomic mass is 9.97. The molecule has 6 nitrogen and oxygen atoms in total. The van der Waals surface area contributed by atoms with Crippen molar-refractivity contribution in [3.05, 3.63) is 18.2 Å². The summed E-state index contributed by atoms with van der Waals surface area (Å²) in [6.07, 6.45) is 2.35. The minimum atomic E-state index is -0.208. The molecule has 0 saturated carbocycles. The zero-order valence-corrected chi connectivity index (χ0v) is 15.1. The van der Waals surface area contributed by atoms with E-state index in [2.05, 4.69) is 29.4 Å². The van der Waals surface area contributed by atoms with Gasteiger partial charge in [-0.1, -0.05) is 0 Å². The molecule has 2 rings (SSSR count). The number of urea groups is 1. The van der Waals surface area contributed by atoms with Gasteiger partial charge in [0.15, 0.2) is 0 Å². The molecule has 1 atom stereocenters. The summed E-state index contributed by atoms with van der Waals surface area (Å²) in [5.41, 5.74) is 0.628. The van der Waals surface area contributed by atoms with Gasteiger partial charge in [-0.25, -0.2) is 4.79 Å². The highest BCUT2D eigenvalue weighted by Crippen LogP contribution is 2.28. The fourth-order valence-corrected chi connectivity index (χ4v) is 3.04. The Balaban J connectivity index is 1.85. The lowest BCUT2D eigenvalue weighted by Gasteiger charge is -2.35. The number of amides is 2. The van der Waals surface area contributed by atoms with Crippen LogP contribution < -0.4 is 20.1 Å². The van der Waals surface area contributed by atoms with E-state index in [1.807, 2.05) is 0 Å². The average molecular weight is 335 g/mol. The van der Waals surface area contributed by atoms with E-state index in [9.17, 15) is 4.79 Å². The molecule has 0 spiro atoms. The van der Waals surface area contributed by atoms with Crippen LogP contribution in [0, 0.1) is 5.92 Å². The lowest BCUT2D eigenvalue weighted by Crippen LogP contribution is -2.44. The molecule has 1 heterocycles. The summed E-state index contributed by atoms with van der Waals surface area (Å²) in [6.45, 7) is 7.33. The summed E-state index contributed by atoms with van der Waals surface area (Å²) in [6, 6.07) is 5.67. The summed E-state index contributed by atoms with van der Waals surface area (Å²) in [4.78, 5) is 14.6. The van der Waals surface area contributed by atoms with Crippen molar-refractivity contribution >= 4 is 11.7 Å². The van der Waals surface area contributed by atoms with Gasteiger partial charge in [0, 0.05) is 25.2 Å². The van der Waals surface area contributed by atoms with Gasteiger partial charge < -0.3 is 25.0 Å². The number of rotatable bonds is 6. The molecule has 1 unspecified atom stereocenters. The van der Waals surface area contributed by atoms with Crippen molar-refractivity contribution in [1.82, 2.24) is 10.2 Å². The number of carbonyl (C=O) groups excluding carboxylic acids is 1. The van der Waals surface area contributed by atoms with Gasteiger partial charge in [-0.2, -0.15) is 0 Å². The molecule has 2 amide bonds. The fraction of sp³-hybridized carbons (Fsp3) is 0.611. The molecule has 0 radical (unpaired) electrons. The lowest BCUT2D eigenvalue weighted by molar-refractivity contribution is 0.139. The van der Waals surface area contributed by atoms with E-state index in [4.69, 9.17) is 9.47 Å². The molecule has 1 saturated heterocycles. The molecule has 1 aliphatic rings. The van der Waals surface area contributed by atoms with Gasteiger partial charge >= 0.3 is 6.03 Å². The first-order valence-electron chi connectivity index (χ1n) is 8.54. The van der Waals surface area contributed by atoms with E-state index in [-0.39, 0.29) is 6.03 Å². The number of carbonyl (C=O) groups is 1. The van der Waals surface area contributed by atoms with Crippen LogP contribution >= 0.6 is 0 Å². The van der Waals surface area contributed by atoms with Gasteiger partial charge in [0.2, 0.25) is 0 Å². The van der Waals surface area contributed by atoms with Gasteiger partial charge in [-0.15, -0.1) is 0 Å². The number of methoxy groups -OCH3 is 2. The Bertz CT molecular complexity index is 548. The summed E-state index contributed by atoms with van der Waals surface area (Å²) in [5.74, 6) is 1.77. The van der Waals surface area contributed by atoms with Gasteiger partial charge in [0.1, 0.15) is 11.5 Å². The van der Waals surface area contributed by atoms with E-state index in [1.54, 1.807) is 32.4 Å². The highest BCUT2D eigenvalue weighted by Gasteiger charge is 2.22. The number of anilines is 1. The maximum absolute atomic E-state index is 12.2. The molecule has 1 aliphatic heterocycles. The van der Waals surface area contributed by atoms with Gasteiger partial charge in [0.25, 0.3) is 0 Å². The first-order valence-corrected chi connectivity index (χ1v) is 8.54. The van der Waals surface area contributed by atoms with E-state index < -0.39 is 0 Å². The zero-order chi connectivity index (χ0) is 17.5. The summed E-state index contributed by atoms with van der Waals surface area (Å²) in [5, 5.41) is 5.82. The first kappa shape index (κ1) is 18.4. The van der Waals surface area contributed by atoms with Crippen molar-refractivity contribution in [2.24, 2.45) is 5.92 Å². The second-order valence-corrected chi connectivity index (χ2v) is 6.50. The summed E-state index contributed by atoms with van der Waals surface area (Å²) < 4.78 is 10.5. The normalized spacial score (nSPS) is 18.3. The Labute approximate surface area is 144 Å². The van der Waals surface area contributed by atoms with Crippen molar-refractivity contribution < 1.29 is 14.3 Å². The van der Waals surface area contributed by atoms with E-state index in [0.29, 0.717) is 35.7 Å². The standard InChI is InChI=1S/C18H29N3O3/c1-13(2)21-9-5-6-14(12-21)11-19-18(22)20-16-8-7-15(23-3)10-17(16)24-4/h7-8,10,13-14H,5-6,9,11-12H2,1-4H3,(H2,19,20,22). The molecule has 0 bridgehead atoms. The van der Waals surface area contributed by atoms with E-state index >= 15 is 0 Å². The first-order chi connectivity index (χ1) is 11.5. The number of likely N-dealkylation sites (tertiary alicyclic amines) is 1. The van der Waals surface area contributed by atoms with Crippen molar-refractivity contribution in [1.29, 1.82) is 0 Å². The fourth-order valence-electron chi connectivity index (χ4n) is 3.04. The van der Waals surface area contributed by atoms with Crippen LogP contribution in [-0.2, 0) is 0 Å². The Morgan fingerprint density at radius 2 is 2.12 bits per heavy atom. The van der Waals surface area contributed by atoms with Crippen LogP contribution in [0.5, 0.6) is 11.5 Å². The number of nitrogens with zero attached hydrogens (tertiary/aromatic N) is 1. The minimum absolute atomic E-state index is 0.208. The highest BCUT2D eigenvalue weighted by atomic mass is 16.5. The zero-order valence-electron chi connectivity index (χ0n) is 15.1. The molecule has 6 heteroatoms. The Morgan fingerprint density at radius 1 is 1.33 bits per heavy atom. The molecule has 0 aliphatic carbocycles. The topological polar surface area (TPSA) is 62.8 Å². The predicted molar refractivity (Wildman–Crippen MR) is 96.0 cm³/mol. The van der Waals surface area contributed by atoms with Crippen LogP contribution in [0.2, 0.25) is 0 Å². The third-order valence-electron chi connectivity index (χ3n) is 4.49. The maximum atomic E-state index is 12.2. The smallest absolute Gasteiger partial charge is 0.319 e. The highest BCUT2D eigenvalue weighted by molar-refractivity contribution is 5.91. The second-order valence-electron chi connectivity index (χ2n) is 6.50. The quantitative estimate of drug-likeness (QED) is 0.839. The molecule has 1 fully saturated rings. The molecule has 2 N–H and O–H groups in total.